The van der Waals surface area contributed by atoms with Crippen LogP contribution >= 0.6 is 0 Å². The van der Waals surface area contributed by atoms with Gasteiger partial charge in [0, 0.05) is 12.8 Å². The third kappa shape index (κ3) is 61.8. The van der Waals surface area contributed by atoms with Crippen molar-refractivity contribution in [3.63, 3.8) is 0 Å². The maximum absolute atomic E-state index is 12.5. The summed E-state index contributed by atoms with van der Waals surface area (Å²) in [5, 5.41) is 23.2. The van der Waals surface area contributed by atoms with E-state index in [9.17, 15) is 19.8 Å². The van der Waals surface area contributed by atoms with Crippen LogP contribution in [-0.2, 0) is 14.3 Å². The standard InChI is InChI=1S/C70H137NO5/c1-3-5-7-9-11-13-15-16-17-33-37-40-44-48-52-56-60-64-70(75)76-65-61-57-53-49-45-41-38-35-32-30-28-26-24-22-20-18-19-21-23-25-27-29-31-34-36-39-43-47-51-55-59-63-69(74)71-67(66-72)68(73)62-58-54-50-46-42-14-12-10-8-6-4-2/h16-17,67-68,72-73H,3-15,18-66H2,1-2H3,(H,71,74)/b17-16-. The van der Waals surface area contributed by atoms with Gasteiger partial charge >= 0.3 is 5.97 Å². The van der Waals surface area contributed by atoms with Crippen molar-refractivity contribution in [3.05, 3.63) is 12.2 Å². The molecule has 0 bridgehead atoms. The van der Waals surface area contributed by atoms with Gasteiger partial charge in [-0.3, -0.25) is 9.59 Å². The maximum atomic E-state index is 12.5. The van der Waals surface area contributed by atoms with E-state index in [-0.39, 0.29) is 18.5 Å². The molecule has 0 aromatic carbocycles. The van der Waals surface area contributed by atoms with Crippen LogP contribution in [0.1, 0.15) is 399 Å². The molecule has 3 N–H and O–H groups in total. The smallest absolute Gasteiger partial charge is 0.305 e. The molecule has 0 spiro atoms. The minimum Gasteiger partial charge on any atom is -0.466 e. The Morgan fingerprint density at radius 2 is 0.618 bits per heavy atom. The van der Waals surface area contributed by atoms with Crippen LogP contribution in [0.15, 0.2) is 12.2 Å². The van der Waals surface area contributed by atoms with Crippen LogP contribution < -0.4 is 5.32 Å². The normalized spacial score (nSPS) is 12.5. The number of amides is 1. The number of rotatable bonds is 66. The lowest BCUT2D eigenvalue weighted by Crippen LogP contribution is -2.45. The molecule has 452 valence electrons. The van der Waals surface area contributed by atoms with Crippen molar-refractivity contribution in [2.45, 2.75) is 411 Å². The van der Waals surface area contributed by atoms with E-state index in [1.54, 1.807) is 0 Å². The number of aliphatic hydroxyl groups is 2. The highest BCUT2D eigenvalue weighted by Gasteiger charge is 2.20. The fraction of sp³-hybridized carbons (Fsp3) is 0.943. The molecule has 2 atom stereocenters. The Bertz CT molecular complexity index is 1140. The molecular weight excluding hydrogens is 935 g/mol. The zero-order chi connectivity index (χ0) is 55.0. The minimum atomic E-state index is -0.659. The maximum Gasteiger partial charge on any atom is 0.305 e. The highest BCUT2D eigenvalue weighted by Crippen LogP contribution is 2.19. The molecule has 0 aromatic rings. The topological polar surface area (TPSA) is 95.9 Å². The van der Waals surface area contributed by atoms with Gasteiger partial charge in [0.1, 0.15) is 0 Å². The third-order valence-corrected chi connectivity index (χ3v) is 16.6. The van der Waals surface area contributed by atoms with E-state index in [0.717, 1.165) is 44.9 Å². The third-order valence-electron chi connectivity index (χ3n) is 16.6. The second-order valence-corrected chi connectivity index (χ2v) is 24.2. The Morgan fingerprint density at radius 1 is 0.355 bits per heavy atom. The minimum absolute atomic E-state index is 0.0181. The molecule has 6 heteroatoms. The lowest BCUT2D eigenvalue weighted by molar-refractivity contribution is -0.143. The van der Waals surface area contributed by atoms with Gasteiger partial charge in [0.15, 0.2) is 0 Å². The SMILES string of the molecule is CCCCCCCC/C=C\CCCCCCCCCC(=O)OCCCCCCCCCCCCCCCCCCCCCCCCCCCCCCCCCC(=O)NC(CO)C(O)CCCCCCCCCCCCC. The number of carbonyl (C=O) groups excluding carboxylic acids is 2. The summed E-state index contributed by atoms with van der Waals surface area (Å²) in [5.74, 6) is -0.0114. The van der Waals surface area contributed by atoms with Crippen molar-refractivity contribution in [2.24, 2.45) is 0 Å². The molecule has 0 aliphatic rings. The molecule has 2 unspecified atom stereocenters. The van der Waals surface area contributed by atoms with Gasteiger partial charge in [0.2, 0.25) is 5.91 Å². The summed E-state index contributed by atoms with van der Waals surface area (Å²) in [6.07, 6.45) is 81.3. The number of unbranched alkanes of at least 4 members (excludes halogenated alkanes) is 53. The summed E-state index contributed by atoms with van der Waals surface area (Å²) in [5.41, 5.74) is 0. The summed E-state index contributed by atoms with van der Waals surface area (Å²) in [6, 6.07) is -0.536. The monoisotopic (exact) mass is 1070 g/mol. The van der Waals surface area contributed by atoms with Crippen molar-refractivity contribution in [1.29, 1.82) is 0 Å². The van der Waals surface area contributed by atoms with E-state index < -0.39 is 12.1 Å². The number of aliphatic hydroxyl groups excluding tert-OH is 2. The number of hydrogen-bond acceptors (Lipinski definition) is 5. The van der Waals surface area contributed by atoms with Crippen molar-refractivity contribution in [3.8, 4) is 0 Å². The molecule has 0 heterocycles. The van der Waals surface area contributed by atoms with Crippen LogP contribution in [0.4, 0.5) is 0 Å². The van der Waals surface area contributed by atoms with Crippen molar-refractivity contribution in [2.75, 3.05) is 13.2 Å². The van der Waals surface area contributed by atoms with Gasteiger partial charge < -0.3 is 20.3 Å². The highest BCUT2D eigenvalue weighted by atomic mass is 16.5. The van der Waals surface area contributed by atoms with E-state index in [1.165, 1.54) is 321 Å². The van der Waals surface area contributed by atoms with Gasteiger partial charge in [-0.05, 0) is 51.4 Å². The molecule has 76 heavy (non-hydrogen) atoms. The van der Waals surface area contributed by atoms with Crippen LogP contribution in [0.25, 0.3) is 0 Å². The van der Waals surface area contributed by atoms with Crippen LogP contribution in [0.3, 0.4) is 0 Å². The molecule has 0 rings (SSSR count). The molecule has 0 saturated carbocycles. The second kappa shape index (κ2) is 66.1. The van der Waals surface area contributed by atoms with Crippen molar-refractivity contribution < 1.29 is 24.5 Å². The molecule has 0 saturated heterocycles. The molecule has 6 nitrogen and oxygen atoms in total. The van der Waals surface area contributed by atoms with Crippen LogP contribution in [-0.4, -0.2) is 47.4 Å². The average molecular weight is 1070 g/mol. The number of nitrogens with one attached hydrogen (secondary N) is 1. The predicted octanol–water partition coefficient (Wildman–Crippen LogP) is 22.4. The lowest BCUT2D eigenvalue weighted by atomic mass is 10.0. The van der Waals surface area contributed by atoms with Gasteiger partial charge in [-0.1, -0.05) is 347 Å². The van der Waals surface area contributed by atoms with E-state index >= 15 is 0 Å². The van der Waals surface area contributed by atoms with Gasteiger partial charge in [-0.2, -0.15) is 0 Å². The van der Waals surface area contributed by atoms with Crippen LogP contribution in [0, 0.1) is 0 Å². The highest BCUT2D eigenvalue weighted by molar-refractivity contribution is 5.76. The van der Waals surface area contributed by atoms with Gasteiger partial charge in [-0.25, -0.2) is 0 Å². The fourth-order valence-electron chi connectivity index (χ4n) is 11.2. The first-order valence-electron chi connectivity index (χ1n) is 34.9. The van der Waals surface area contributed by atoms with E-state index in [1.807, 2.05) is 0 Å². The van der Waals surface area contributed by atoms with E-state index in [2.05, 4.69) is 31.3 Å². The Labute approximate surface area is 476 Å². The Hall–Kier alpha value is -1.40. The van der Waals surface area contributed by atoms with Crippen LogP contribution in [0.5, 0.6) is 0 Å². The molecule has 0 radical (unpaired) electrons. The quantitative estimate of drug-likeness (QED) is 0.0320. The van der Waals surface area contributed by atoms with Crippen LogP contribution in [0.2, 0.25) is 0 Å². The largest absolute Gasteiger partial charge is 0.466 e. The Kier molecular flexibility index (Phi) is 64.9. The number of carbonyl (C=O) groups is 2. The fourth-order valence-corrected chi connectivity index (χ4v) is 11.2. The van der Waals surface area contributed by atoms with Crippen molar-refractivity contribution in [1.82, 2.24) is 5.32 Å². The number of esters is 1. The van der Waals surface area contributed by atoms with Gasteiger partial charge in [0.25, 0.3) is 0 Å². The van der Waals surface area contributed by atoms with Gasteiger partial charge in [0.05, 0.1) is 25.4 Å². The molecule has 0 aliphatic heterocycles. The zero-order valence-corrected chi connectivity index (χ0v) is 51.8. The first-order chi connectivity index (χ1) is 37.5. The summed E-state index contributed by atoms with van der Waals surface area (Å²) in [7, 11) is 0. The Morgan fingerprint density at radius 3 is 0.934 bits per heavy atom. The second-order valence-electron chi connectivity index (χ2n) is 24.2. The average Bonchev–Trinajstić information content (AvgIpc) is 3.42. The molecular formula is C70H137NO5. The van der Waals surface area contributed by atoms with Crippen molar-refractivity contribution >= 4 is 11.9 Å². The molecule has 0 fully saturated rings. The first-order valence-corrected chi connectivity index (χ1v) is 34.9. The summed E-state index contributed by atoms with van der Waals surface area (Å²) in [4.78, 5) is 24.6. The summed E-state index contributed by atoms with van der Waals surface area (Å²) in [6.45, 7) is 4.97. The first kappa shape index (κ1) is 74.6. The van der Waals surface area contributed by atoms with E-state index in [0.29, 0.717) is 25.9 Å². The molecule has 0 aliphatic carbocycles. The number of allylic oxidation sites excluding steroid dienone is 2. The molecule has 1 amide bonds. The summed E-state index contributed by atoms with van der Waals surface area (Å²) < 4.78 is 5.50. The summed E-state index contributed by atoms with van der Waals surface area (Å²) >= 11 is 0. The van der Waals surface area contributed by atoms with E-state index in [4.69, 9.17) is 4.74 Å². The number of ether oxygens (including phenoxy) is 1. The molecule has 0 aromatic heterocycles. The number of hydrogen-bond donors (Lipinski definition) is 3. The lowest BCUT2D eigenvalue weighted by Gasteiger charge is -2.22. The van der Waals surface area contributed by atoms with Gasteiger partial charge in [-0.15, -0.1) is 0 Å². The Balaban J connectivity index is 3.29. The predicted molar refractivity (Wildman–Crippen MR) is 333 cm³/mol. The zero-order valence-electron chi connectivity index (χ0n) is 51.8.